The summed E-state index contributed by atoms with van der Waals surface area (Å²) in [6.45, 7) is 1.72. The third-order valence-corrected chi connectivity index (χ3v) is 3.27. The Labute approximate surface area is 125 Å². The molecule has 0 aliphatic rings. The lowest BCUT2D eigenvalue weighted by Gasteiger charge is -2.01. The fourth-order valence-corrected chi connectivity index (χ4v) is 2.00. The second-order valence-corrected chi connectivity index (χ2v) is 5.11. The van der Waals surface area contributed by atoms with Gasteiger partial charge in [0.2, 0.25) is 0 Å². The first kappa shape index (κ1) is 14.3. The number of phenols is 1. The van der Waals surface area contributed by atoms with Crippen LogP contribution in [0, 0.1) is 0 Å². The average molecular weight is 333 g/mol. The van der Waals surface area contributed by atoms with E-state index in [1.807, 2.05) is 24.3 Å². The summed E-state index contributed by atoms with van der Waals surface area (Å²) in [4.78, 5) is 4.30. The molecule has 0 spiro atoms. The summed E-state index contributed by atoms with van der Waals surface area (Å²) in [5, 5.41) is 21.5. The second-order valence-electron chi connectivity index (χ2n) is 4.19. The standard InChI is InChI=1S/C15H13BrN2O2/c1-10(18-20)11-2-5-14(6-3-11)17-9-12-8-13(16)4-7-15(12)19/h2-9,19-20H,1H3/b17-9?,18-10+. The number of nitrogens with zero attached hydrogens (tertiary/aromatic N) is 2. The Morgan fingerprint density at radius 1 is 1.15 bits per heavy atom. The maximum atomic E-state index is 9.71. The molecule has 0 aromatic heterocycles. The molecule has 0 amide bonds. The summed E-state index contributed by atoms with van der Waals surface area (Å²) < 4.78 is 0.877. The van der Waals surface area contributed by atoms with Crippen molar-refractivity contribution in [2.45, 2.75) is 6.92 Å². The Morgan fingerprint density at radius 3 is 2.50 bits per heavy atom. The molecule has 0 aliphatic carbocycles. The van der Waals surface area contributed by atoms with E-state index in [1.165, 1.54) is 0 Å². The molecular formula is C15H13BrN2O2. The summed E-state index contributed by atoms with van der Waals surface area (Å²) in [6, 6.07) is 12.4. The zero-order valence-corrected chi connectivity index (χ0v) is 12.4. The molecule has 2 N–H and O–H groups in total. The highest BCUT2D eigenvalue weighted by atomic mass is 79.9. The van der Waals surface area contributed by atoms with E-state index >= 15 is 0 Å². The smallest absolute Gasteiger partial charge is 0.124 e. The molecule has 0 saturated heterocycles. The molecule has 0 saturated carbocycles. The van der Waals surface area contributed by atoms with E-state index in [-0.39, 0.29) is 5.75 Å². The van der Waals surface area contributed by atoms with Crippen LogP contribution in [0.25, 0.3) is 0 Å². The first-order valence-corrected chi connectivity index (χ1v) is 6.71. The van der Waals surface area contributed by atoms with Crippen LogP contribution >= 0.6 is 15.9 Å². The van der Waals surface area contributed by atoms with Crippen LogP contribution in [-0.2, 0) is 0 Å². The van der Waals surface area contributed by atoms with E-state index in [2.05, 4.69) is 26.1 Å². The Bertz CT molecular complexity index is 664. The van der Waals surface area contributed by atoms with Crippen LogP contribution in [-0.4, -0.2) is 22.2 Å². The monoisotopic (exact) mass is 332 g/mol. The summed E-state index contributed by atoms with van der Waals surface area (Å²) >= 11 is 3.35. The Kier molecular flexibility index (Phi) is 4.53. The van der Waals surface area contributed by atoms with Gasteiger partial charge < -0.3 is 10.3 Å². The minimum absolute atomic E-state index is 0.178. The Hall–Kier alpha value is -2.14. The van der Waals surface area contributed by atoms with Gasteiger partial charge >= 0.3 is 0 Å². The SMILES string of the molecule is C/C(=N\O)c1ccc(N=Cc2cc(Br)ccc2O)cc1. The lowest BCUT2D eigenvalue weighted by molar-refractivity contribution is 0.319. The van der Waals surface area contributed by atoms with Gasteiger partial charge in [-0.25, -0.2) is 0 Å². The number of phenolic OH excluding ortho intramolecular Hbond substituents is 1. The minimum atomic E-state index is 0.178. The van der Waals surface area contributed by atoms with E-state index < -0.39 is 0 Å². The van der Waals surface area contributed by atoms with Crippen LogP contribution in [0.2, 0.25) is 0 Å². The van der Waals surface area contributed by atoms with Crippen LogP contribution in [0.4, 0.5) is 5.69 Å². The third-order valence-electron chi connectivity index (χ3n) is 2.78. The molecule has 102 valence electrons. The highest BCUT2D eigenvalue weighted by Gasteiger charge is 2.00. The van der Waals surface area contributed by atoms with Crippen LogP contribution < -0.4 is 0 Å². The fourth-order valence-electron chi connectivity index (χ4n) is 1.62. The largest absolute Gasteiger partial charge is 0.507 e. The number of aromatic hydroxyl groups is 1. The molecule has 2 rings (SSSR count). The highest BCUT2D eigenvalue weighted by Crippen LogP contribution is 2.21. The summed E-state index contributed by atoms with van der Waals surface area (Å²) in [5.41, 5.74) is 2.76. The van der Waals surface area contributed by atoms with Gasteiger partial charge in [0.1, 0.15) is 5.75 Å². The van der Waals surface area contributed by atoms with Crippen molar-refractivity contribution in [2.75, 3.05) is 0 Å². The average Bonchev–Trinajstić information content (AvgIpc) is 2.48. The van der Waals surface area contributed by atoms with Gasteiger partial charge in [0, 0.05) is 16.3 Å². The fraction of sp³-hybridized carbons (Fsp3) is 0.0667. The van der Waals surface area contributed by atoms with Gasteiger partial charge in [-0.3, -0.25) is 4.99 Å². The van der Waals surface area contributed by atoms with E-state index in [1.54, 1.807) is 31.3 Å². The second kappa shape index (κ2) is 6.34. The molecule has 0 unspecified atom stereocenters. The van der Waals surface area contributed by atoms with Crippen molar-refractivity contribution >= 4 is 33.5 Å². The third kappa shape index (κ3) is 3.45. The zero-order chi connectivity index (χ0) is 14.5. The van der Waals surface area contributed by atoms with Gasteiger partial charge in [0.15, 0.2) is 0 Å². The molecule has 4 nitrogen and oxygen atoms in total. The maximum absolute atomic E-state index is 9.71. The van der Waals surface area contributed by atoms with Crippen LogP contribution in [0.3, 0.4) is 0 Å². The number of hydrogen-bond acceptors (Lipinski definition) is 4. The van der Waals surface area contributed by atoms with E-state index in [4.69, 9.17) is 5.21 Å². The van der Waals surface area contributed by atoms with Crippen LogP contribution in [0.15, 0.2) is 57.1 Å². The van der Waals surface area contributed by atoms with Crippen molar-refractivity contribution in [3.63, 3.8) is 0 Å². The number of oxime groups is 1. The van der Waals surface area contributed by atoms with Gasteiger partial charge in [-0.1, -0.05) is 33.2 Å². The number of aliphatic imine (C=N–C) groups is 1. The predicted molar refractivity (Wildman–Crippen MR) is 83.5 cm³/mol. The van der Waals surface area contributed by atoms with E-state index in [9.17, 15) is 5.11 Å². The molecule has 2 aromatic carbocycles. The van der Waals surface area contributed by atoms with Crippen LogP contribution in [0.1, 0.15) is 18.1 Å². The van der Waals surface area contributed by atoms with Crippen molar-refractivity contribution in [1.29, 1.82) is 0 Å². The molecule has 0 atom stereocenters. The van der Waals surface area contributed by atoms with Crippen molar-refractivity contribution in [3.05, 3.63) is 58.1 Å². The van der Waals surface area contributed by atoms with Gasteiger partial charge in [-0.2, -0.15) is 0 Å². The Morgan fingerprint density at radius 2 is 1.85 bits per heavy atom. The molecule has 20 heavy (non-hydrogen) atoms. The lowest BCUT2D eigenvalue weighted by Crippen LogP contribution is -1.92. The molecule has 5 heteroatoms. The number of halogens is 1. The van der Waals surface area contributed by atoms with Crippen molar-refractivity contribution in [2.24, 2.45) is 10.1 Å². The van der Waals surface area contributed by atoms with Crippen LogP contribution in [0.5, 0.6) is 5.75 Å². The quantitative estimate of drug-likeness (QED) is 0.504. The number of rotatable bonds is 3. The summed E-state index contributed by atoms with van der Waals surface area (Å²) in [6.07, 6.45) is 1.60. The van der Waals surface area contributed by atoms with Gasteiger partial charge in [0.05, 0.1) is 11.4 Å². The van der Waals surface area contributed by atoms with Gasteiger partial charge in [0.25, 0.3) is 0 Å². The van der Waals surface area contributed by atoms with Crippen molar-refractivity contribution in [1.82, 2.24) is 0 Å². The molecular weight excluding hydrogens is 320 g/mol. The molecule has 0 heterocycles. The predicted octanol–water partition coefficient (Wildman–Crippen LogP) is 4.10. The Balaban J connectivity index is 2.21. The summed E-state index contributed by atoms with van der Waals surface area (Å²) in [5.74, 6) is 0.178. The lowest BCUT2D eigenvalue weighted by atomic mass is 10.1. The molecule has 0 fully saturated rings. The number of benzene rings is 2. The minimum Gasteiger partial charge on any atom is -0.507 e. The highest BCUT2D eigenvalue weighted by molar-refractivity contribution is 9.10. The van der Waals surface area contributed by atoms with Gasteiger partial charge in [-0.05, 0) is 42.8 Å². The van der Waals surface area contributed by atoms with E-state index in [0.717, 1.165) is 15.7 Å². The number of hydrogen-bond donors (Lipinski definition) is 2. The molecule has 0 bridgehead atoms. The first-order chi connectivity index (χ1) is 9.60. The zero-order valence-electron chi connectivity index (χ0n) is 10.8. The van der Waals surface area contributed by atoms with Gasteiger partial charge in [-0.15, -0.1) is 0 Å². The molecule has 0 aliphatic heterocycles. The molecule has 0 radical (unpaired) electrons. The first-order valence-electron chi connectivity index (χ1n) is 5.92. The normalized spacial score (nSPS) is 12.0. The molecule has 2 aromatic rings. The topological polar surface area (TPSA) is 65.2 Å². The van der Waals surface area contributed by atoms with Crippen molar-refractivity contribution < 1.29 is 10.3 Å². The summed E-state index contributed by atoms with van der Waals surface area (Å²) in [7, 11) is 0. The maximum Gasteiger partial charge on any atom is 0.124 e. The van der Waals surface area contributed by atoms with Crippen molar-refractivity contribution in [3.8, 4) is 5.75 Å². The van der Waals surface area contributed by atoms with E-state index in [0.29, 0.717) is 11.3 Å².